The third kappa shape index (κ3) is 4.94. The Morgan fingerprint density at radius 1 is 0.906 bits per heavy atom. The van der Waals surface area contributed by atoms with Gasteiger partial charge in [-0.2, -0.15) is 0 Å². The van der Waals surface area contributed by atoms with Crippen molar-refractivity contribution in [1.29, 1.82) is 0 Å². The zero-order chi connectivity index (χ0) is 22.3. The molecule has 0 saturated carbocycles. The maximum Gasteiger partial charge on any atom is 0.251 e. The number of rotatable bonds is 8. The number of amides is 1. The highest BCUT2D eigenvalue weighted by atomic mass is 32.2. The molecular formula is C27H27N3OS. The molecule has 3 aromatic carbocycles. The molecule has 4 aromatic rings. The van der Waals surface area contributed by atoms with Gasteiger partial charge in [0.25, 0.3) is 5.91 Å². The molecule has 1 N–H and O–H groups in total. The van der Waals surface area contributed by atoms with Gasteiger partial charge in [0.1, 0.15) is 0 Å². The van der Waals surface area contributed by atoms with Crippen molar-refractivity contribution in [2.75, 3.05) is 12.3 Å². The van der Waals surface area contributed by atoms with E-state index in [4.69, 9.17) is 4.98 Å². The van der Waals surface area contributed by atoms with Crippen LogP contribution in [0.4, 0.5) is 0 Å². The third-order valence-electron chi connectivity index (χ3n) is 5.28. The van der Waals surface area contributed by atoms with Crippen LogP contribution in [0.3, 0.4) is 0 Å². The predicted molar refractivity (Wildman–Crippen MR) is 133 cm³/mol. The van der Waals surface area contributed by atoms with Crippen molar-refractivity contribution in [3.05, 3.63) is 96.1 Å². The number of thioether (sulfide) groups is 1. The van der Waals surface area contributed by atoms with E-state index in [1.54, 1.807) is 11.8 Å². The summed E-state index contributed by atoms with van der Waals surface area (Å²) in [6.07, 6.45) is 0. The molecule has 5 heteroatoms. The van der Waals surface area contributed by atoms with Gasteiger partial charge in [-0.15, -0.1) is 0 Å². The molecule has 0 aliphatic carbocycles. The van der Waals surface area contributed by atoms with Gasteiger partial charge in [-0.1, -0.05) is 90.1 Å². The second-order valence-electron chi connectivity index (χ2n) is 7.54. The van der Waals surface area contributed by atoms with Crippen LogP contribution in [0.2, 0.25) is 0 Å². The minimum absolute atomic E-state index is 0.0422. The number of carbonyl (C=O) groups is 1. The van der Waals surface area contributed by atoms with E-state index >= 15 is 0 Å². The van der Waals surface area contributed by atoms with E-state index < -0.39 is 0 Å². The zero-order valence-electron chi connectivity index (χ0n) is 18.4. The fourth-order valence-electron chi connectivity index (χ4n) is 3.64. The van der Waals surface area contributed by atoms with Crippen LogP contribution in [-0.2, 0) is 6.54 Å². The van der Waals surface area contributed by atoms with E-state index in [1.165, 1.54) is 0 Å². The quantitative estimate of drug-likeness (QED) is 0.267. The highest BCUT2D eigenvalue weighted by Crippen LogP contribution is 2.35. The predicted octanol–water partition coefficient (Wildman–Crippen LogP) is 6.07. The van der Waals surface area contributed by atoms with Crippen molar-refractivity contribution in [2.45, 2.75) is 25.5 Å². The van der Waals surface area contributed by atoms with E-state index in [0.29, 0.717) is 12.1 Å². The van der Waals surface area contributed by atoms with Crippen LogP contribution in [0, 0.1) is 6.92 Å². The lowest BCUT2D eigenvalue weighted by atomic mass is 10.0. The smallest absolute Gasteiger partial charge is 0.251 e. The highest BCUT2D eigenvalue weighted by Gasteiger charge is 2.19. The van der Waals surface area contributed by atoms with E-state index in [9.17, 15) is 4.79 Å². The van der Waals surface area contributed by atoms with E-state index in [0.717, 1.165) is 45.5 Å². The van der Waals surface area contributed by atoms with Crippen molar-refractivity contribution < 1.29 is 4.79 Å². The fraction of sp³-hybridized carbons (Fsp3) is 0.185. The average Bonchev–Trinajstić information content (AvgIpc) is 3.21. The summed E-state index contributed by atoms with van der Waals surface area (Å²) in [5, 5.41) is 3.98. The third-order valence-corrected chi connectivity index (χ3v) is 6.25. The lowest BCUT2D eigenvalue weighted by molar-refractivity contribution is 0.0956. The van der Waals surface area contributed by atoms with Crippen molar-refractivity contribution >= 4 is 17.7 Å². The Hall–Kier alpha value is -3.31. The maximum absolute atomic E-state index is 12.4. The van der Waals surface area contributed by atoms with Crippen LogP contribution < -0.4 is 5.32 Å². The van der Waals surface area contributed by atoms with Crippen LogP contribution in [0.5, 0.6) is 0 Å². The first-order valence-corrected chi connectivity index (χ1v) is 11.8. The van der Waals surface area contributed by atoms with Gasteiger partial charge in [0, 0.05) is 35.5 Å². The molecule has 0 fully saturated rings. The van der Waals surface area contributed by atoms with Crippen LogP contribution in [0.1, 0.15) is 22.8 Å². The number of aryl methyl sites for hydroxylation is 1. The molecule has 0 aliphatic rings. The molecule has 32 heavy (non-hydrogen) atoms. The first-order valence-electron chi connectivity index (χ1n) is 10.9. The second-order valence-corrected chi connectivity index (χ2v) is 8.60. The topological polar surface area (TPSA) is 46.9 Å². The molecule has 0 atom stereocenters. The normalized spacial score (nSPS) is 10.8. The van der Waals surface area contributed by atoms with E-state index in [1.807, 2.05) is 55.5 Å². The van der Waals surface area contributed by atoms with Gasteiger partial charge in [-0.3, -0.25) is 4.79 Å². The second kappa shape index (κ2) is 10.3. The molecule has 1 aromatic heterocycles. The number of aromatic nitrogens is 2. The van der Waals surface area contributed by atoms with Crippen molar-refractivity contribution in [1.82, 2.24) is 14.9 Å². The molecule has 4 rings (SSSR count). The molecule has 0 unspecified atom stereocenters. The Kier molecular flexibility index (Phi) is 7.07. The number of hydrogen-bond acceptors (Lipinski definition) is 3. The Morgan fingerprint density at radius 3 is 2.16 bits per heavy atom. The monoisotopic (exact) mass is 441 g/mol. The van der Waals surface area contributed by atoms with Gasteiger partial charge in [-0.05, 0) is 26.0 Å². The summed E-state index contributed by atoms with van der Waals surface area (Å²) in [6, 6.07) is 28.4. The molecule has 4 nitrogen and oxygen atoms in total. The first kappa shape index (κ1) is 21.9. The average molecular weight is 442 g/mol. The van der Waals surface area contributed by atoms with Gasteiger partial charge < -0.3 is 9.88 Å². The Morgan fingerprint density at radius 2 is 1.53 bits per heavy atom. The van der Waals surface area contributed by atoms with Gasteiger partial charge in [0.15, 0.2) is 5.16 Å². The van der Waals surface area contributed by atoms with Gasteiger partial charge in [0.2, 0.25) is 0 Å². The van der Waals surface area contributed by atoms with Crippen LogP contribution in [-0.4, -0.2) is 27.8 Å². The van der Waals surface area contributed by atoms with Gasteiger partial charge in [-0.25, -0.2) is 4.98 Å². The minimum atomic E-state index is -0.0422. The lowest BCUT2D eigenvalue weighted by Crippen LogP contribution is -2.25. The van der Waals surface area contributed by atoms with E-state index in [2.05, 4.69) is 53.2 Å². The fourth-order valence-corrected chi connectivity index (χ4v) is 4.55. The molecule has 0 bridgehead atoms. The Labute approximate surface area is 193 Å². The highest BCUT2D eigenvalue weighted by molar-refractivity contribution is 7.99. The molecule has 162 valence electrons. The number of hydrogen-bond donors (Lipinski definition) is 1. The first-order chi connectivity index (χ1) is 15.7. The number of nitrogens with zero attached hydrogens (tertiary/aromatic N) is 2. The van der Waals surface area contributed by atoms with Crippen LogP contribution in [0.25, 0.3) is 22.5 Å². The summed E-state index contributed by atoms with van der Waals surface area (Å²) in [7, 11) is 0. The molecule has 1 heterocycles. The zero-order valence-corrected chi connectivity index (χ0v) is 19.2. The summed E-state index contributed by atoms with van der Waals surface area (Å²) in [6.45, 7) is 5.56. The van der Waals surface area contributed by atoms with Crippen molar-refractivity contribution in [2.24, 2.45) is 0 Å². The Balaban J connectivity index is 1.53. The molecule has 1 amide bonds. The number of benzene rings is 3. The number of carbonyl (C=O) groups excluding carboxylic acids is 1. The lowest BCUT2D eigenvalue weighted by Gasteiger charge is -2.11. The van der Waals surface area contributed by atoms with E-state index in [-0.39, 0.29) is 5.91 Å². The van der Waals surface area contributed by atoms with Gasteiger partial charge >= 0.3 is 0 Å². The standard InChI is InChI=1S/C27H27N3OS/c1-3-30-25(22-12-8-5-9-13-22)24(21-10-6-4-7-11-21)29-27(30)32-19-18-28-26(31)23-16-14-20(2)15-17-23/h4-17H,3,18-19H2,1-2H3,(H,28,31). The molecular weight excluding hydrogens is 414 g/mol. The van der Waals surface area contributed by atoms with Crippen molar-refractivity contribution in [3.8, 4) is 22.5 Å². The van der Waals surface area contributed by atoms with Gasteiger partial charge in [0.05, 0.1) is 11.4 Å². The SMILES string of the molecule is CCn1c(SCCNC(=O)c2ccc(C)cc2)nc(-c2ccccc2)c1-c1ccccc1. The molecule has 0 radical (unpaired) electrons. The summed E-state index contributed by atoms with van der Waals surface area (Å²) >= 11 is 1.67. The Bertz CT molecular complexity index is 1170. The van der Waals surface area contributed by atoms with Crippen LogP contribution >= 0.6 is 11.8 Å². The summed E-state index contributed by atoms with van der Waals surface area (Å²) < 4.78 is 2.27. The number of imidazole rings is 1. The molecule has 0 aliphatic heterocycles. The summed E-state index contributed by atoms with van der Waals surface area (Å²) in [4.78, 5) is 17.4. The summed E-state index contributed by atoms with van der Waals surface area (Å²) in [5.74, 6) is 0.705. The summed E-state index contributed by atoms with van der Waals surface area (Å²) in [5.41, 5.74) is 6.21. The van der Waals surface area contributed by atoms with Crippen molar-refractivity contribution in [3.63, 3.8) is 0 Å². The maximum atomic E-state index is 12.4. The minimum Gasteiger partial charge on any atom is -0.351 e. The molecule has 0 saturated heterocycles. The largest absolute Gasteiger partial charge is 0.351 e. The van der Waals surface area contributed by atoms with Crippen LogP contribution in [0.15, 0.2) is 90.1 Å². The number of nitrogens with one attached hydrogen (secondary N) is 1. The molecule has 0 spiro atoms.